The number of thiocarbonyl (C=S) groups is 1. The molecule has 3 heteroatoms. The molecule has 0 aromatic carbocycles. The van der Waals surface area contributed by atoms with E-state index >= 15 is 0 Å². The summed E-state index contributed by atoms with van der Waals surface area (Å²) in [6.07, 6.45) is 1.89. The summed E-state index contributed by atoms with van der Waals surface area (Å²) in [5, 5.41) is 0.537. The third kappa shape index (κ3) is 1.01. The summed E-state index contributed by atoms with van der Waals surface area (Å²) in [6.45, 7) is 7.70. The molecule has 0 aliphatic carbocycles. The van der Waals surface area contributed by atoms with E-state index in [2.05, 4.69) is 13.5 Å². The second-order valence-electron chi connectivity index (χ2n) is 2.42. The Morgan fingerprint density at radius 3 is 2.50 bits per heavy atom. The zero-order chi connectivity index (χ0) is 7.72. The van der Waals surface area contributed by atoms with Crippen molar-refractivity contribution in [3.63, 3.8) is 0 Å². The van der Waals surface area contributed by atoms with Crippen LogP contribution < -0.4 is 0 Å². The van der Waals surface area contributed by atoms with E-state index in [-0.39, 0.29) is 6.10 Å². The van der Waals surface area contributed by atoms with Crippen LogP contribution in [0.3, 0.4) is 0 Å². The molecule has 2 atom stereocenters. The number of nitrogens with zero attached hydrogens (tertiary/aromatic N) is 1. The first kappa shape index (κ1) is 7.54. The lowest BCUT2D eigenvalue weighted by atomic mass is 10.2. The monoisotopic (exact) mass is 157 g/mol. The molecule has 2 nitrogen and oxygen atoms in total. The van der Waals surface area contributed by atoms with Gasteiger partial charge in [0.25, 0.3) is 5.17 Å². The summed E-state index contributed by atoms with van der Waals surface area (Å²) in [6, 6.07) is 0.324. The zero-order valence-electron chi connectivity index (χ0n) is 6.20. The van der Waals surface area contributed by atoms with Gasteiger partial charge < -0.3 is 9.64 Å². The van der Waals surface area contributed by atoms with Gasteiger partial charge in [0.1, 0.15) is 6.10 Å². The molecule has 10 heavy (non-hydrogen) atoms. The van der Waals surface area contributed by atoms with E-state index in [1.807, 2.05) is 11.8 Å². The van der Waals surface area contributed by atoms with Crippen molar-refractivity contribution in [1.29, 1.82) is 0 Å². The fourth-order valence-corrected chi connectivity index (χ4v) is 1.34. The minimum Gasteiger partial charge on any atom is -0.465 e. The first-order chi connectivity index (χ1) is 4.66. The van der Waals surface area contributed by atoms with Crippen molar-refractivity contribution < 1.29 is 4.74 Å². The molecule has 0 aromatic heterocycles. The summed E-state index contributed by atoms with van der Waals surface area (Å²) >= 11 is 4.93. The Kier molecular flexibility index (Phi) is 1.94. The van der Waals surface area contributed by atoms with Crippen molar-refractivity contribution in [1.82, 2.24) is 4.90 Å². The molecule has 0 aromatic rings. The molecule has 1 rings (SSSR count). The number of hydrogen-bond acceptors (Lipinski definition) is 2. The highest BCUT2D eigenvalue weighted by Gasteiger charge is 2.30. The highest BCUT2D eigenvalue weighted by molar-refractivity contribution is 7.80. The lowest BCUT2D eigenvalue weighted by Gasteiger charge is -2.14. The Morgan fingerprint density at radius 1 is 1.70 bits per heavy atom. The molecular formula is C7H11NOS. The van der Waals surface area contributed by atoms with Gasteiger partial charge in [-0.05, 0) is 26.1 Å². The Bertz CT molecular complexity index is 169. The van der Waals surface area contributed by atoms with Crippen LogP contribution in [0, 0.1) is 0 Å². The smallest absolute Gasteiger partial charge is 0.264 e. The van der Waals surface area contributed by atoms with Gasteiger partial charge >= 0.3 is 0 Å². The Balaban J connectivity index is 2.73. The van der Waals surface area contributed by atoms with Gasteiger partial charge in [0.15, 0.2) is 0 Å². The fraction of sp³-hybridized carbons (Fsp3) is 0.571. The van der Waals surface area contributed by atoms with E-state index in [9.17, 15) is 0 Å². The van der Waals surface area contributed by atoms with Crippen LogP contribution in [-0.2, 0) is 4.74 Å². The SMILES string of the molecule is C=CN1C(=S)OC(C)C1C. The van der Waals surface area contributed by atoms with Gasteiger partial charge in [-0.25, -0.2) is 0 Å². The van der Waals surface area contributed by atoms with Crippen molar-refractivity contribution >= 4 is 17.4 Å². The van der Waals surface area contributed by atoms with Crippen molar-refractivity contribution in [3.8, 4) is 0 Å². The summed E-state index contributed by atoms with van der Waals surface area (Å²) in [4.78, 5) is 1.86. The average molecular weight is 157 g/mol. The maximum atomic E-state index is 5.26. The highest BCUT2D eigenvalue weighted by Crippen LogP contribution is 2.18. The minimum atomic E-state index is 0.186. The van der Waals surface area contributed by atoms with Gasteiger partial charge in [-0.3, -0.25) is 0 Å². The van der Waals surface area contributed by atoms with Gasteiger partial charge in [-0.2, -0.15) is 0 Å². The number of ether oxygens (including phenoxy) is 1. The third-order valence-electron chi connectivity index (χ3n) is 1.81. The predicted octanol–water partition coefficient (Wildman–Crippen LogP) is 1.52. The van der Waals surface area contributed by atoms with Crippen LogP contribution in [0.15, 0.2) is 12.8 Å². The largest absolute Gasteiger partial charge is 0.465 e. The molecule has 0 N–H and O–H groups in total. The normalized spacial score (nSPS) is 32.2. The van der Waals surface area contributed by atoms with Crippen molar-refractivity contribution in [2.75, 3.05) is 0 Å². The molecule has 1 saturated heterocycles. The Morgan fingerprint density at radius 2 is 2.30 bits per heavy atom. The number of rotatable bonds is 1. The lowest BCUT2D eigenvalue weighted by molar-refractivity contribution is 0.224. The van der Waals surface area contributed by atoms with Crippen molar-refractivity contribution in [3.05, 3.63) is 12.8 Å². The fourth-order valence-electron chi connectivity index (χ4n) is 0.952. The summed E-state index contributed by atoms with van der Waals surface area (Å²) in [5.74, 6) is 0. The minimum absolute atomic E-state index is 0.186. The standard InChI is InChI=1S/C7H11NOS/c1-4-8-5(2)6(3)9-7(8)10/h4-6H,1H2,2-3H3. The van der Waals surface area contributed by atoms with Gasteiger partial charge in [0.2, 0.25) is 0 Å². The highest BCUT2D eigenvalue weighted by atomic mass is 32.1. The average Bonchev–Trinajstić information content (AvgIpc) is 2.09. The van der Waals surface area contributed by atoms with E-state index in [0.29, 0.717) is 11.2 Å². The van der Waals surface area contributed by atoms with Crippen molar-refractivity contribution in [2.24, 2.45) is 0 Å². The Labute approximate surface area is 66.5 Å². The molecule has 2 unspecified atom stereocenters. The molecule has 1 heterocycles. The van der Waals surface area contributed by atoms with Crippen LogP contribution in [0.2, 0.25) is 0 Å². The van der Waals surface area contributed by atoms with Gasteiger partial charge in [-0.1, -0.05) is 6.58 Å². The summed E-state index contributed by atoms with van der Waals surface area (Å²) in [7, 11) is 0. The molecular weight excluding hydrogens is 146 g/mol. The maximum absolute atomic E-state index is 5.26. The van der Waals surface area contributed by atoms with E-state index in [4.69, 9.17) is 17.0 Å². The zero-order valence-corrected chi connectivity index (χ0v) is 7.02. The molecule has 0 saturated carbocycles. The molecule has 0 radical (unpaired) electrons. The molecule has 1 fully saturated rings. The molecule has 0 amide bonds. The van der Waals surface area contributed by atoms with Crippen LogP contribution in [0.1, 0.15) is 13.8 Å². The van der Waals surface area contributed by atoms with Crippen LogP contribution in [0.5, 0.6) is 0 Å². The maximum Gasteiger partial charge on any atom is 0.264 e. The molecule has 0 bridgehead atoms. The molecule has 0 spiro atoms. The van der Waals surface area contributed by atoms with Gasteiger partial charge in [0, 0.05) is 6.20 Å². The quantitative estimate of drug-likeness (QED) is 0.535. The van der Waals surface area contributed by atoms with Gasteiger partial charge in [0.05, 0.1) is 6.04 Å². The van der Waals surface area contributed by atoms with Crippen LogP contribution in [-0.4, -0.2) is 22.2 Å². The van der Waals surface area contributed by atoms with E-state index < -0.39 is 0 Å². The lowest BCUT2D eigenvalue weighted by Crippen LogP contribution is -2.27. The molecule has 56 valence electrons. The summed E-state index contributed by atoms with van der Waals surface area (Å²) in [5.41, 5.74) is 0. The van der Waals surface area contributed by atoms with Gasteiger partial charge in [-0.15, -0.1) is 0 Å². The Hall–Kier alpha value is -0.570. The second kappa shape index (κ2) is 2.58. The first-order valence-electron chi connectivity index (χ1n) is 3.28. The topological polar surface area (TPSA) is 12.5 Å². The second-order valence-corrected chi connectivity index (χ2v) is 2.77. The summed E-state index contributed by atoms with van der Waals surface area (Å²) < 4.78 is 5.26. The van der Waals surface area contributed by atoms with E-state index in [1.165, 1.54) is 0 Å². The van der Waals surface area contributed by atoms with Crippen molar-refractivity contribution in [2.45, 2.75) is 26.0 Å². The third-order valence-corrected chi connectivity index (χ3v) is 2.12. The van der Waals surface area contributed by atoms with Crippen LogP contribution in [0.4, 0.5) is 0 Å². The first-order valence-corrected chi connectivity index (χ1v) is 3.69. The number of hydrogen-bond donors (Lipinski definition) is 0. The molecule has 1 aliphatic heterocycles. The van der Waals surface area contributed by atoms with E-state index in [0.717, 1.165) is 0 Å². The van der Waals surface area contributed by atoms with E-state index in [1.54, 1.807) is 6.20 Å². The predicted molar refractivity (Wildman–Crippen MR) is 44.6 cm³/mol. The van der Waals surface area contributed by atoms with Crippen LogP contribution in [0.25, 0.3) is 0 Å². The van der Waals surface area contributed by atoms with Crippen LogP contribution >= 0.6 is 12.2 Å². The molecule has 1 aliphatic rings.